The Hall–Kier alpha value is -1.26. The summed E-state index contributed by atoms with van der Waals surface area (Å²) in [5.74, 6) is 1.40. The molecule has 4 nitrogen and oxygen atoms in total. The summed E-state index contributed by atoms with van der Waals surface area (Å²) in [6.45, 7) is 3.70. The summed E-state index contributed by atoms with van der Waals surface area (Å²) in [7, 11) is 3.26. The van der Waals surface area contributed by atoms with Gasteiger partial charge in [0, 0.05) is 6.04 Å². The number of hydrogen-bond acceptors (Lipinski definition) is 4. The minimum Gasteiger partial charge on any atom is -0.493 e. The van der Waals surface area contributed by atoms with Gasteiger partial charge in [-0.2, -0.15) is 0 Å². The van der Waals surface area contributed by atoms with E-state index >= 15 is 0 Å². The molecule has 1 unspecified atom stereocenters. The molecule has 4 heteroatoms. The molecule has 0 aromatic heterocycles. The summed E-state index contributed by atoms with van der Waals surface area (Å²) in [5, 5.41) is 14.3. The Balaban J connectivity index is 2.25. The number of hydrogen-bond donors (Lipinski definition) is 2. The van der Waals surface area contributed by atoms with Crippen molar-refractivity contribution >= 4 is 0 Å². The molecular weight excluding hydrogens is 278 g/mol. The van der Waals surface area contributed by atoms with Gasteiger partial charge in [0.25, 0.3) is 0 Å². The minimum absolute atomic E-state index is 0.129. The average Bonchev–Trinajstić information content (AvgIpc) is 2.52. The number of nitrogens with one attached hydrogen (secondary N) is 1. The van der Waals surface area contributed by atoms with Crippen molar-refractivity contribution in [3.63, 3.8) is 0 Å². The van der Waals surface area contributed by atoms with Crippen LogP contribution in [0.15, 0.2) is 18.2 Å². The molecule has 2 rings (SSSR count). The van der Waals surface area contributed by atoms with Crippen molar-refractivity contribution in [2.75, 3.05) is 14.2 Å². The maximum atomic E-state index is 10.6. The Kier molecular flexibility index (Phi) is 5.70. The predicted molar refractivity (Wildman–Crippen MR) is 88.6 cm³/mol. The molecule has 0 bridgehead atoms. The van der Waals surface area contributed by atoms with Gasteiger partial charge in [-0.3, -0.25) is 0 Å². The molecule has 0 spiro atoms. The maximum absolute atomic E-state index is 10.6. The van der Waals surface area contributed by atoms with Gasteiger partial charge in [-0.15, -0.1) is 0 Å². The van der Waals surface area contributed by atoms with Crippen molar-refractivity contribution < 1.29 is 14.6 Å². The third kappa shape index (κ3) is 4.14. The minimum atomic E-state index is -0.850. The van der Waals surface area contributed by atoms with Gasteiger partial charge < -0.3 is 19.9 Å². The lowest BCUT2D eigenvalue weighted by Crippen LogP contribution is -2.44. The Labute approximate surface area is 133 Å². The van der Waals surface area contributed by atoms with Crippen LogP contribution in [0.4, 0.5) is 0 Å². The fourth-order valence-electron chi connectivity index (χ4n) is 3.25. The van der Waals surface area contributed by atoms with Gasteiger partial charge in [0.05, 0.1) is 25.9 Å². The summed E-state index contributed by atoms with van der Waals surface area (Å²) >= 11 is 0. The van der Waals surface area contributed by atoms with Crippen molar-refractivity contribution in [2.45, 2.75) is 63.6 Å². The molecule has 0 saturated heterocycles. The first-order valence-electron chi connectivity index (χ1n) is 8.16. The number of aliphatic hydroxyl groups is 1. The third-order valence-corrected chi connectivity index (χ3v) is 4.45. The van der Waals surface area contributed by atoms with E-state index in [4.69, 9.17) is 9.47 Å². The van der Waals surface area contributed by atoms with Crippen LogP contribution in [0.25, 0.3) is 0 Å². The van der Waals surface area contributed by atoms with E-state index in [2.05, 4.69) is 5.32 Å². The molecule has 1 fully saturated rings. The standard InChI is InChI=1S/C18H29NO3/c1-18(2,20)17(19-14-8-6-5-7-9-14)13-10-11-15(21-3)16(12-13)22-4/h10-12,14,17,19-20H,5-9H2,1-4H3. The predicted octanol–water partition coefficient (Wildman–Crippen LogP) is 3.44. The van der Waals surface area contributed by atoms with Crippen LogP contribution in [0.3, 0.4) is 0 Å². The first-order valence-corrected chi connectivity index (χ1v) is 8.16. The van der Waals surface area contributed by atoms with E-state index in [0.717, 1.165) is 5.56 Å². The summed E-state index contributed by atoms with van der Waals surface area (Å²) < 4.78 is 10.7. The molecule has 0 amide bonds. The van der Waals surface area contributed by atoms with Gasteiger partial charge in [-0.25, -0.2) is 0 Å². The van der Waals surface area contributed by atoms with Crippen molar-refractivity contribution in [1.82, 2.24) is 5.32 Å². The molecule has 124 valence electrons. The molecular formula is C18H29NO3. The first kappa shape index (κ1) is 17.1. The molecule has 0 aliphatic heterocycles. The Morgan fingerprint density at radius 1 is 1.09 bits per heavy atom. The first-order chi connectivity index (χ1) is 10.5. The van der Waals surface area contributed by atoms with Gasteiger partial charge in [0.2, 0.25) is 0 Å². The van der Waals surface area contributed by atoms with Crippen LogP contribution in [-0.4, -0.2) is 31.0 Å². The van der Waals surface area contributed by atoms with Crippen LogP contribution in [0.2, 0.25) is 0 Å². The van der Waals surface area contributed by atoms with Crippen molar-refractivity contribution in [3.8, 4) is 11.5 Å². The van der Waals surface area contributed by atoms with E-state index in [9.17, 15) is 5.11 Å². The Bertz CT molecular complexity index is 476. The smallest absolute Gasteiger partial charge is 0.161 e. The lowest BCUT2D eigenvalue weighted by Gasteiger charge is -2.36. The fourth-order valence-corrected chi connectivity index (χ4v) is 3.25. The third-order valence-electron chi connectivity index (χ3n) is 4.45. The van der Waals surface area contributed by atoms with E-state index in [-0.39, 0.29) is 6.04 Å². The summed E-state index contributed by atoms with van der Waals surface area (Å²) in [5.41, 5.74) is 0.174. The number of methoxy groups -OCH3 is 2. The average molecular weight is 307 g/mol. The van der Waals surface area contributed by atoms with Crippen LogP contribution >= 0.6 is 0 Å². The molecule has 2 N–H and O–H groups in total. The topological polar surface area (TPSA) is 50.7 Å². The number of rotatable bonds is 6. The largest absolute Gasteiger partial charge is 0.493 e. The highest BCUT2D eigenvalue weighted by molar-refractivity contribution is 5.44. The van der Waals surface area contributed by atoms with E-state index in [1.165, 1.54) is 32.1 Å². The van der Waals surface area contributed by atoms with E-state index in [1.54, 1.807) is 14.2 Å². The molecule has 1 saturated carbocycles. The zero-order valence-corrected chi connectivity index (χ0v) is 14.2. The fraction of sp³-hybridized carbons (Fsp3) is 0.667. The molecule has 1 atom stereocenters. The molecule has 1 aliphatic carbocycles. The van der Waals surface area contributed by atoms with E-state index < -0.39 is 5.60 Å². The number of benzene rings is 1. The van der Waals surface area contributed by atoms with Gasteiger partial charge in [-0.1, -0.05) is 25.3 Å². The summed E-state index contributed by atoms with van der Waals surface area (Å²) in [4.78, 5) is 0. The lowest BCUT2D eigenvalue weighted by molar-refractivity contribution is 0.0300. The highest BCUT2D eigenvalue weighted by atomic mass is 16.5. The highest BCUT2D eigenvalue weighted by Crippen LogP contribution is 2.34. The lowest BCUT2D eigenvalue weighted by atomic mass is 9.88. The molecule has 0 heterocycles. The zero-order chi connectivity index (χ0) is 16.2. The zero-order valence-electron chi connectivity index (χ0n) is 14.2. The maximum Gasteiger partial charge on any atom is 0.161 e. The van der Waals surface area contributed by atoms with Crippen molar-refractivity contribution in [3.05, 3.63) is 23.8 Å². The molecule has 1 aromatic carbocycles. The Morgan fingerprint density at radius 3 is 2.27 bits per heavy atom. The summed E-state index contributed by atoms with van der Waals surface area (Å²) in [6, 6.07) is 6.20. The second-order valence-electron chi connectivity index (χ2n) is 6.70. The van der Waals surface area contributed by atoms with Crippen LogP contribution in [0.5, 0.6) is 11.5 Å². The van der Waals surface area contributed by atoms with E-state index in [1.807, 2.05) is 32.0 Å². The Morgan fingerprint density at radius 2 is 1.73 bits per heavy atom. The van der Waals surface area contributed by atoms with Crippen LogP contribution in [-0.2, 0) is 0 Å². The van der Waals surface area contributed by atoms with Crippen molar-refractivity contribution in [2.24, 2.45) is 0 Å². The van der Waals surface area contributed by atoms with Crippen LogP contribution in [0.1, 0.15) is 57.6 Å². The van der Waals surface area contributed by atoms with Gasteiger partial charge >= 0.3 is 0 Å². The molecule has 1 aromatic rings. The monoisotopic (exact) mass is 307 g/mol. The van der Waals surface area contributed by atoms with Crippen LogP contribution in [0, 0.1) is 0 Å². The van der Waals surface area contributed by atoms with Gasteiger partial charge in [0.1, 0.15) is 0 Å². The molecule has 22 heavy (non-hydrogen) atoms. The number of ether oxygens (including phenoxy) is 2. The SMILES string of the molecule is COc1ccc(C(NC2CCCCC2)C(C)(C)O)cc1OC. The molecule has 0 radical (unpaired) electrons. The second-order valence-corrected chi connectivity index (χ2v) is 6.70. The second kappa shape index (κ2) is 7.34. The quantitative estimate of drug-likeness (QED) is 0.845. The van der Waals surface area contributed by atoms with Crippen LogP contribution < -0.4 is 14.8 Å². The highest BCUT2D eigenvalue weighted by Gasteiger charge is 2.31. The van der Waals surface area contributed by atoms with E-state index in [0.29, 0.717) is 17.5 Å². The van der Waals surface area contributed by atoms with Gasteiger partial charge in [-0.05, 0) is 44.4 Å². The van der Waals surface area contributed by atoms with Gasteiger partial charge in [0.15, 0.2) is 11.5 Å². The van der Waals surface area contributed by atoms with Crippen molar-refractivity contribution in [1.29, 1.82) is 0 Å². The summed E-state index contributed by atoms with van der Waals surface area (Å²) in [6.07, 6.45) is 6.21. The molecule has 1 aliphatic rings. The normalized spacial score (nSPS) is 18.0.